The maximum Gasteiger partial charge on any atom is 0.234 e. The fraction of sp³-hybridized carbons (Fsp3) is 0.261. The van der Waals surface area contributed by atoms with Crippen molar-refractivity contribution < 1.29 is 14.3 Å². The van der Waals surface area contributed by atoms with Crippen LogP contribution in [0.2, 0.25) is 0 Å². The molecule has 1 heterocycles. The number of carbonyl (C=O) groups excluding carboxylic acids is 1. The lowest BCUT2D eigenvalue weighted by molar-refractivity contribution is -0.113. The van der Waals surface area contributed by atoms with Crippen LogP contribution in [0.5, 0.6) is 11.5 Å². The number of anilines is 1. The van der Waals surface area contributed by atoms with Gasteiger partial charge in [-0.3, -0.25) is 4.79 Å². The van der Waals surface area contributed by atoms with Crippen LogP contribution in [0.1, 0.15) is 23.6 Å². The Hall–Kier alpha value is -3.24. The minimum Gasteiger partial charge on any atom is -0.493 e. The van der Waals surface area contributed by atoms with Gasteiger partial charge in [-0.2, -0.15) is 5.26 Å². The van der Waals surface area contributed by atoms with Crippen LogP contribution < -0.4 is 14.8 Å². The van der Waals surface area contributed by atoms with Crippen LogP contribution in [0.25, 0.3) is 10.9 Å². The minimum atomic E-state index is -0.137. The first-order valence-corrected chi connectivity index (χ1v) is 10.5. The Morgan fingerprint density at radius 3 is 2.60 bits per heavy atom. The summed E-state index contributed by atoms with van der Waals surface area (Å²) in [6.07, 6.45) is 0.834. The van der Waals surface area contributed by atoms with Gasteiger partial charge in [-0.05, 0) is 36.6 Å². The van der Waals surface area contributed by atoms with Gasteiger partial charge in [0.1, 0.15) is 11.1 Å². The third-order valence-corrected chi connectivity index (χ3v) is 5.74. The van der Waals surface area contributed by atoms with Crippen molar-refractivity contribution in [2.24, 2.45) is 0 Å². The molecule has 0 radical (unpaired) electrons. The molecule has 154 valence electrons. The molecule has 6 nitrogen and oxygen atoms in total. The Balaban J connectivity index is 1.83. The number of pyridine rings is 1. The summed E-state index contributed by atoms with van der Waals surface area (Å²) in [6, 6.07) is 13.4. The number of nitrogens with one attached hydrogen (secondary N) is 1. The van der Waals surface area contributed by atoms with Gasteiger partial charge in [0.15, 0.2) is 11.5 Å². The molecule has 0 fully saturated rings. The van der Waals surface area contributed by atoms with Gasteiger partial charge in [0, 0.05) is 17.1 Å². The molecule has 0 unspecified atom stereocenters. The Kier molecular flexibility index (Phi) is 6.80. The highest BCUT2D eigenvalue weighted by Crippen LogP contribution is 2.34. The summed E-state index contributed by atoms with van der Waals surface area (Å²) in [5.74, 6) is 1.14. The maximum absolute atomic E-state index is 12.6. The van der Waals surface area contributed by atoms with Crippen molar-refractivity contribution in [1.29, 1.82) is 5.26 Å². The molecule has 0 bridgehead atoms. The van der Waals surface area contributed by atoms with E-state index >= 15 is 0 Å². The Labute approximate surface area is 180 Å². The molecule has 0 aliphatic carbocycles. The summed E-state index contributed by atoms with van der Waals surface area (Å²) in [6.45, 7) is 4.03. The number of hydrogen-bond donors (Lipinski definition) is 1. The number of nitrogens with zero attached hydrogens (tertiary/aromatic N) is 2. The van der Waals surface area contributed by atoms with E-state index in [0.29, 0.717) is 27.6 Å². The van der Waals surface area contributed by atoms with Gasteiger partial charge in [0.25, 0.3) is 0 Å². The molecule has 0 aliphatic rings. The summed E-state index contributed by atoms with van der Waals surface area (Å²) < 4.78 is 10.7. The number of ether oxygens (including phenoxy) is 2. The highest BCUT2D eigenvalue weighted by Gasteiger charge is 2.14. The minimum absolute atomic E-state index is 0.137. The zero-order valence-electron chi connectivity index (χ0n) is 17.4. The summed E-state index contributed by atoms with van der Waals surface area (Å²) in [7, 11) is 3.12. The fourth-order valence-corrected chi connectivity index (χ4v) is 3.95. The molecule has 1 N–H and O–H groups in total. The second-order valence-electron chi connectivity index (χ2n) is 6.65. The van der Waals surface area contributed by atoms with Crippen LogP contribution in [0.3, 0.4) is 0 Å². The molecule has 0 saturated carbocycles. The summed E-state index contributed by atoms with van der Waals surface area (Å²) >= 11 is 1.24. The second kappa shape index (κ2) is 9.51. The number of amides is 1. The lowest BCUT2D eigenvalue weighted by atomic mass is 10.1. The SMILES string of the molecule is CCc1cccc(C)c1NC(=O)CSc1nc2cc(OC)c(OC)cc2cc1C#N. The van der Waals surface area contributed by atoms with Gasteiger partial charge in [-0.25, -0.2) is 4.98 Å². The molecular weight excluding hydrogens is 398 g/mol. The van der Waals surface area contributed by atoms with Crippen LogP contribution in [0.15, 0.2) is 41.4 Å². The molecule has 7 heteroatoms. The number of rotatable bonds is 7. The number of carbonyl (C=O) groups is 1. The Morgan fingerprint density at radius 1 is 1.20 bits per heavy atom. The first-order valence-electron chi connectivity index (χ1n) is 9.48. The molecule has 0 aliphatic heterocycles. The van der Waals surface area contributed by atoms with Crippen molar-refractivity contribution in [3.05, 3.63) is 53.1 Å². The predicted octanol–water partition coefficient (Wildman–Crippen LogP) is 4.73. The van der Waals surface area contributed by atoms with Crippen LogP contribution in [0.4, 0.5) is 5.69 Å². The normalized spacial score (nSPS) is 10.5. The number of nitriles is 1. The third kappa shape index (κ3) is 4.50. The van der Waals surface area contributed by atoms with Crippen molar-refractivity contribution in [2.75, 3.05) is 25.3 Å². The summed E-state index contributed by atoms with van der Waals surface area (Å²) in [5.41, 5.74) is 4.06. The number of fused-ring (bicyclic) bond motifs is 1. The number of para-hydroxylation sites is 1. The molecule has 0 spiro atoms. The Bertz CT molecular complexity index is 1140. The van der Waals surface area contributed by atoms with E-state index in [2.05, 4.69) is 23.3 Å². The number of benzene rings is 2. The molecular formula is C23H23N3O3S. The van der Waals surface area contributed by atoms with E-state index in [-0.39, 0.29) is 11.7 Å². The Morgan fingerprint density at radius 2 is 1.93 bits per heavy atom. The van der Waals surface area contributed by atoms with E-state index in [1.165, 1.54) is 11.8 Å². The topological polar surface area (TPSA) is 84.2 Å². The summed E-state index contributed by atoms with van der Waals surface area (Å²) in [5, 5.41) is 13.8. The zero-order chi connectivity index (χ0) is 21.7. The standard InChI is InChI=1S/C23H23N3O3S/c1-5-15-8-6-7-14(2)22(15)26-21(27)13-30-23-17(12-24)9-16-10-19(28-3)20(29-4)11-18(16)25-23/h6-11H,5,13H2,1-4H3,(H,26,27). The largest absolute Gasteiger partial charge is 0.493 e. The average Bonchev–Trinajstić information content (AvgIpc) is 2.77. The molecule has 30 heavy (non-hydrogen) atoms. The molecule has 0 saturated heterocycles. The van der Waals surface area contributed by atoms with Gasteiger partial charge in [0.2, 0.25) is 5.91 Å². The van der Waals surface area contributed by atoms with E-state index in [1.807, 2.05) is 25.1 Å². The number of thioether (sulfide) groups is 1. The second-order valence-corrected chi connectivity index (χ2v) is 7.62. The lowest BCUT2D eigenvalue weighted by Gasteiger charge is -2.13. The van der Waals surface area contributed by atoms with Crippen molar-refractivity contribution >= 4 is 34.3 Å². The van der Waals surface area contributed by atoms with Gasteiger partial charge >= 0.3 is 0 Å². The highest BCUT2D eigenvalue weighted by atomic mass is 32.2. The smallest absolute Gasteiger partial charge is 0.234 e. The average molecular weight is 422 g/mol. The quantitative estimate of drug-likeness (QED) is 0.556. The van der Waals surface area contributed by atoms with E-state index in [1.54, 1.807) is 32.4 Å². The lowest BCUT2D eigenvalue weighted by Crippen LogP contribution is -2.16. The van der Waals surface area contributed by atoms with Gasteiger partial charge < -0.3 is 14.8 Å². The zero-order valence-corrected chi connectivity index (χ0v) is 18.2. The van der Waals surface area contributed by atoms with Crippen molar-refractivity contribution in [3.8, 4) is 17.6 Å². The fourth-order valence-electron chi connectivity index (χ4n) is 3.18. The van der Waals surface area contributed by atoms with Gasteiger partial charge in [-0.1, -0.05) is 36.9 Å². The number of methoxy groups -OCH3 is 2. The summed E-state index contributed by atoms with van der Waals surface area (Å²) in [4.78, 5) is 17.2. The number of aryl methyl sites for hydroxylation is 2. The number of hydrogen-bond acceptors (Lipinski definition) is 6. The first-order chi connectivity index (χ1) is 14.5. The first kappa shape index (κ1) is 21.5. The van der Waals surface area contributed by atoms with E-state index < -0.39 is 0 Å². The van der Waals surface area contributed by atoms with E-state index in [4.69, 9.17) is 9.47 Å². The van der Waals surface area contributed by atoms with E-state index in [0.717, 1.165) is 28.6 Å². The molecule has 2 aromatic carbocycles. The van der Waals surface area contributed by atoms with Gasteiger partial charge in [-0.15, -0.1) is 0 Å². The molecule has 3 rings (SSSR count). The molecule has 0 atom stereocenters. The number of aromatic nitrogens is 1. The predicted molar refractivity (Wildman–Crippen MR) is 119 cm³/mol. The van der Waals surface area contributed by atoms with Crippen molar-refractivity contribution in [3.63, 3.8) is 0 Å². The van der Waals surface area contributed by atoms with Crippen molar-refractivity contribution in [2.45, 2.75) is 25.3 Å². The van der Waals surface area contributed by atoms with Crippen molar-refractivity contribution in [1.82, 2.24) is 4.98 Å². The maximum atomic E-state index is 12.6. The van der Waals surface area contributed by atoms with Gasteiger partial charge in [0.05, 0.1) is 31.1 Å². The highest BCUT2D eigenvalue weighted by molar-refractivity contribution is 8.00. The molecule has 1 aromatic heterocycles. The van der Waals surface area contributed by atoms with Crippen LogP contribution in [0, 0.1) is 18.3 Å². The third-order valence-electron chi connectivity index (χ3n) is 4.75. The van der Waals surface area contributed by atoms with Crippen LogP contribution >= 0.6 is 11.8 Å². The monoisotopic (exact) mass is 421 g/mol. The molecule has 1 amide bonds. The van der Waals surface area contributed by atoms with Crippen LogP contribution in [-0.4, -0.2) is 30.9 Å². The molecule has 3 aromatic rings. The van der Waals surface area contributed by atoms with E-state index in [9.17, 15) is 10.1 Å². The van der Waals surface area contributed by atoms with Crippen LogP contribution in [-0.2, 0) is 11.2 Å².